The molecule has 0 atom stereocenters. The lowest BCUT2D eigenvalue weighted by Crippen LogP contribution is -2.30. The quantitative estimate of drug-likeness (QED) is 0.745. The van der Waals surface area contributed by atoms with Crippen LogP contribution in [0.4, 0.5) is 11.5 Å². The minimum absolute atomic E-state index is 0.0480. The summed E-state index contributed by atoms with van der Waals surface area (Å²) >= 11 is 0. The lowest BCUT2D eigenvalue weighted by Gasteiger charge is -2.23. The standard InChI is InChI=1S/C11H15N3O3S/c12-9-8(11(15)16)1-4-13-10(9)14-7-2-5-18(17)6-3-7/h1,4,7H,2-3,5-6,12H2,(H,13,14)(H,15,16). The zero-order valence-electron chi connectivity index (χ0n) is 9.76. The molecule has 1 fully saturated rings. The normalized spacial score (nSPS) is 23.6. The molecular formula is C11H15N3O3S. The van der Waals surface area contributed by atoms with Crippen molar-refractivity contribution in [3.63, 3.8) is 0 Å². The molecule has 6 nitrogen and oxygen atoms in total. The van der Waals surface area contributed by atoms with Crippen LogP contribution in [0.15, 0.2) is 12.3 Å². The van der Waals surface area contributed by atoms with Crippen molar-refractivity contribution in [3.05, 3.63) is 17.8 Å². The summed E-state index contributed by atoms with van der Waals surface area (Å²) in [5.74, 6) is 0.655. The van der Waals surface area contributed by atoms with E-state index in [9.17, 15) is 9.00 Å². The van der Waals surface area contributed by atoms with Gasteiger partial charge in [-0.1, -0.05) is 0 Å². The van der Waals surface area contributed by atoms with Crippen LogP contribution in [0.5, 0.6) is 0 Å². The number of hydrogen-bond acceptors (Lipinski definition) is 5. The first-order valence-electron chi connectivity index (χ1n) is 5.67. The third-order valence-electron chi connectivity index (χ3n) is 2.95. The van der Waals surface area contributed by atoms with Gasteiger partial charge in [-0.3, -0.25) is 4.21 Å². The Morgan fingerprint density at radius 3 is 2.78 bits per heavy atom. The van der Waals surface area contributed by atoms with Gasteiger partial charge in [0.15, 0.2) is 0 Å². The highest BCUT2D eigenvalue weighted by Gasteiger charge is 2.20. The van der Waals surface area contributed by atoms with Crippen molar-refractivity contribution in [1.82, 2.24) is 4.98 Å². The zero-order chi connectivity index (χ0) is 13.1. The average molecular weight is 269 g/mol. The summed E-state index contributed by atoms with van der Waals surface area (Å²) < 4.78 is 11.2. The highest BCUT2D eigenvalue weighted by atomic mass is 32.2. The van der Waals surface area contributed by atoms with Crippen molar-refractivity contribution in [2.75, 3.05) is 22.6 Å². The van der Waals surface area contributed by atoms with E-state index in [1.807, 2.05) is 0 Å². The third kappa shape index (κ3) is 2.79. The molecule has 0 bridgehead atoms. The molecule has 0 aromatic carbocycles. The van der Waals surface area contributed by atoms with E-state index in [-0.39, 0.29) is 17.3 Å². The van der Waals surface area contributed by atoms with E-state index >= 15 is 0 Å². The average Bonchev–Trinajstić information content (AvgIpc) is 2.34. The van der Waals surface area contributed by atoms with Gasteiger partial charge in [0.1, 0.15) is 5.82 Å². The molecule has 1 aliphatic heterocycles. The number of aromatic carboxylic acids is 1. The van der Waals surface area contributed by atoms with E-state index in [4.69, 9.17) is 10.8 Å². The van der Waals surface area contributed by atoms with Crippen LogP contribution in [0.1, 0.15) is 23.2 Å². The molecule has 0 radical (unpaired) electrons. The number of nitrogens with zero attached hydrogens (tertiary/aromatic N) is 1. The van der Waals surface area contributed by atoms with Crippen LogP contribution in [0.25, 0.3) is 0 Å². The van der Waals surface area contributed by atoms with Gasteiger partial charge in [-0.25, -0.2) is 9.78 Å². The first-order valence-corrected chi connectivity index (χ1v) is 7.16. The topological polar surface area (TPSA) is 105 Å². The Kier molecular flexibility index (Phi) is 3.81. The van der Waals surface area contributed by atoms with Crippen LogP contribution in [-0.4, -0.2) is 37.8 Å². The highest BCUT2D eigenvalue weighted by Crippen LogP contribution is 2.23. The predicted molar refractivity (Wildman–Crippen MR) is 70.1 cm³/mol. The van der Waals surface area contributed by atoms with Crippen LogP contribution < -0.4 is 11.1 Å². The molecule has 0 aliphatic carbocycles. The number of carbonyl (C=O) groups is 1. The number of carboxylic acid groups (broad SMARTS) is 1. The maximum Gasteiger partial charge on any atom is 0.337 e. The van der Waals surface area contributed by atoms with Gasteiger partial charge in [0.05, 0.1) is 11.3 Å². The maximum atomic E-state index is 11.2. The number of carboxylic acids is 1. The smallest absolute Gasteiger partial charge is 0.337 e. The lowest BCUT2D eigenvalue weighted by atomic mass is 10.1. The van der Waals surface area contributed by atoms with E-state index in [1.165, 1.54) is 12.3 Å². The Morgan fingerprint density at radius 1 is 1.50 bits per heavy atom. The first-order chi connectivity index (χ1) is 8.58. The molecule has 1 aliphatic rings. The molecular weight excluding hydrogens is 254 g/mol. The van der Waals surface area contributed by atoms with Crippen LogP contribution in [0.3, 0.4) is 0 Å². The Hall–Kier alpha value is -1.63. The van der Waals surface area contributed by atoms with Crippen LogP contribution in [-0.2, 0) is 10.8 Å². The molecule has 2 rings (SSSR count). The Labute approximate surface area is 107 Å². The van der Waals surface area contributed by atoms with Crippen molar-refractivity contribution in [2.45, 2.75) is 18.9 Å². The van der Waals surface area contributed by atoms with E-state index in [0.29, 0.717) is 17.3 Å². The van der Waals surface area contributed by atoms with Crippen molar-refractivity contribution in [3.8, 4) is 0 Å². The molecule has 7 heteroatoms. The van der Waals surface area contributed by atoms with E-state index in [1.54, 1.807) is 0 Å². The van der Waals surface area contributed by atoms with Gasteiger partial charge in [0.2, 0.25) is 0 Å². The largest absolute Gasteiger partial charge is 0.478 e. The van der Waals surface area contributed by atoms with Gasteiger partial charge in [0.25, 0.3) is 0 Å². The Bertz CT molecular complexity index is 482. The number of pyridine rings is 1. The fourth-order valence-corrected chi connectivity index (χ4v) is 3.21. The van der Waals surface area contributed by atoms with E-state index in [2.05, 4.69) is 10.3 Å². The molecule has 0 saturated carbocycles. The lowest BCUT2D eigenvalue weighted by molar-refractivity contribution is 0.0698. The number of aromatic nitrogens is 1. The Balaban J connectivity index is 2.12. The third-order valence-corrected chi connectivity index (χ3v) is 4.33. The van der Waals surface area contributed by atoms with Crippen molar-refractivity contribution < 1.29 is 14.1 Å². The predicted octanol–water partition coefficient (Wildman–Crippen LogP) is 0.685. The van der Waals surface area contributed by atoms with Crippen LogP contribution in [0.2, 0.25) is 0 Å². The molecule has 1 aromatic heterocycles. The van der Waals surface area contributed by atoms with Gasteiger partial charge in [-0.05, 0) is 18.9 Å². The summed E-state index contributed by atoms with van der Waals surface area (Å²) in [6.45, 7) is 0. The molecule has 0 spiro atoms. The number of rotatable bonds is 3. The number of anilines is 2. The summed E-state index contributed by atoms with van der Waals surface area (Å²) in [7, 11) is -0.722. The second-order valence-electron chi connectivity index (χ2n) is 4.19. The van der Waals surface area contributed by atoms with Crippen molar-refractivity contribution in [1.29, 1.82) is 0 Å². The van der Waals surface area contributed by atoms with Gasteiger partial charge in [0, 0.05) is 34.5 Å². The summed E-state index contributed by atoms with van der Waals surface area (Å²) in [4.78, 5) is 15.0. The van der Waals surface area contributed by atoms with Gasteiger partial charge < -0.3 is 16.2 Å². The monoisotopic (exact) mass is 269 g/mol. The van der Waals surface area contributed by atoms with Crippen molar-refractivity contribution >= 4 is 28.3 Å². The van der Waals surface area contributed by atoms with Gasteiger partial charge in [-0.2, -0.15) is 0 Å². The SMILES string of the molecule is Nc1c(C(=O)O)ccnc1NC1CCS(=O)CC1. The molecule has 2 heterocycles. The van der Waals surface area contributed by atoms with Gasteiger partial charge in [-0.15, -0.1) is 0 Å². The molecule has 0 unspecified atom stereocenters. The van der Waals surface area contributed by atoms with Crippen LogP contribution in [0, 0.1) is 0 Å². The molecule has 1 saturated heterocycles. The van der Waals surface area contributed by atoms with Gasteiger partial charge >= 0.3 is 5.97 Å². The summed E-state index contributed by atoms with van der Waals surface area (Å²) in [5, 5.41) is 12.1. The van der Waals surface area contributed by atoms with Crippen molar-refractivity contribution in [2.24, 2.45) is 0 Å². The fourth-order valence-electron chi connectivity index (χ4n) is 1.91. The maximum absolute atomic E-state index is 11.2. The van der Waals surface area contributed by atoms with E-state index < -0.39 is 16.8 Å². The number of hydrogen-bond donors (Lipinski definition) is 3. The molecule has 98 valence electrons. The number of nitrogens with two attached hydrogens (primary N) is 1. The molecule has 4 N–H and O–H groups in total. The zero-order valence-corrected chi connectivity index (χ0v) is 10.6. The molecule has 18 heavy (non-hydrogen) atoms. The van der Waals surface area contributed by atoms with Crippen LogP contribution >= 0.6 is 0 Å². The molecule has 1 aromatic rings. The molecule has 0 amide bonds. The summed E-state index contributed by atoms with van der Waals surface area (Å²) in [5.41, 5.74) is 5.96. The van der Waals surface area contributed by atoms with E-state index in [0.717, 1.165) is 12.8 Å². The number of nitrogen functional groups attached to an aromatic ring is 1. The Morgan fingerprint density at radius 2 is 2.17 bits per heavy atom. The minimum Gasteiger partial charge on any atom is -0.478 e. The second-order valence-corrected chi connectivity index (χ2v) is 5.89. The first kappa shape index (κ1) is 12.8. The summed E-state index contributed by atoms with van der Waals surface area (Å²) in [6.07, 6.45) is 2.99. The number of nitrogens with one attached hydrogen (secondary N) is 1. The summed E-state index contributed by atoms with van der Waals surface area (Å²) in [6, 6.07) is 1.53. The minimum atomic E-state index is -1.07. The fraction of sp³-hybridized carbons (Fsp3) is 0.455. The second kappa shape index (κ2) is 5.34. The highest BCUT2D eigenvalue weighted by molar-refractivity contribution is 7.85.